The Balaban J connectivity index is 3.01. The van der Waals surface area contributed by atoms with Crippen LogP contribution in [0.5, 0.6) is 5.75 Å². The summed E-state index contributed by atoms with van der Waals surface area (Å²) in [5, 5.41) is 3.37. The van der Waals surface area contributed by atoms with Crippen LogP contribution in [0.1, 0.15) is 52.6 Å². The van der Waals surface area contributed by atoms with Gasteiger partial charge in [-0.1, -0.05) is 27.7 Å². The summed E-state index contributed by atoms with van der Waals surface area (Å²) in [4.78, 5) is 4.31. The van der Waals surface area contributed by atoms with E-state index >= 15 is 0 Å². The smallest absolute Gasteiger partial charge is 0.137 e. The second-order valence-electron chi connectivity index (χ2n) is 6.31. The number of nitrogens with one attached hydrogen (secondary N) is 1. The molecule has 1 heterocycles. The van der Waals surface area contributed by atoms with Crippen LogP contribution < -0.4 is 10.1 Å². The van der Waals surface area contributed by atoms with E-state index in [1.165, 1.54) is 0 Å². The van der Waals surface area contributed by atoms with Gasteiger partial charge in [0, 0.05) is 12.8 Å². The molecular formula is C17H30N2O2. The molecule has 1 aromatic heterocycles. The molecule has 1 aromatic rings. The minimum absolute atomic E-state index is 0.0317. The number of ether oxygens (including phenoxy) is 2. The van der Waals surface area contributed by atoms with Gasteiger partial charge in [0.2, 0.25) is 0 Å². The second kappa shape index (κ2) is 8.35. The third-order valence-corrected chi connectivity index (χ3v) is 3.38. The molecule has 2 atom stereocenters. The summed E-state index contributed by atoms with van der Waals surface area (Å²) in [6.45, 7) is 12.1. The standard InChI is InChI=1S/C17H30N2O2/c1-7-9-21-14-10-13(11-19-12-14)15(18-6)16(20-8-2)17(3,4)5/h10-12,15-16,18H,7-9H2,1-6H3. The van der Waals surface area contributed by atoms with Gasteiger partial charge in [-0.25, -0.2) is 0 Å². The molecule has 0 aliphatic carbocycles. The number of likely N-dealkylation sites (N-methyl/N-ethyl adjacent to an activating group) is 1. The first-order valence-electron chi connectivity index (χ1n) is 7.80. The van der Waals surface area contributed by atoms with E-state index in [2.05, 4.69) is 44.1 Å². The molecule has 0 aliphatic heterocycles. The zero-order valence-corrected chi connectivity index (χ0v) is 14.3. The lowest BCUT2D eigenvalue weighted by molar-refractivity contribution is -0.0351. The van der Waals surface area contributed by atoms with Crippen LogP contribution in [0.15, 0.2) is 18.5 Å². The van der Waals surface area contributed by atoms with Crippen LogP contribution in [0.3, 0.4) is 0 Å². The van der Waals surface area contributed by atoms with Crippen molar-refractivity contribution in [3.8, 4) is 5.75 Å². The first kappa shape index (κ1) is 17.9. The lowest BCUT2D eigenvalue weighted by Gasteiger charge is -2.36. The Morgan fingerprint density at radius 3 is 2.48 bits per heavy atom. The molecule has 4 nitrogen and oxygen atoms in total. The summed E-state index contributed by atoms with van der Waals surface area (Å²) >= 11 is 0. The number of pyridine rings is 1. The Morgan fingerprint density at radius 2 is 1.95 bits per heavy atom. The lowest BCUT2D eigenvalue weighted by atomic mass is 9.82. The Labute approximate surface area is 129 Å². The number of aromatic nitrogens is 1. The molecule has 0 saturated heterocycles. The average Bonchev–Trinajstić information content (AvgIpc) is 2.44. The van der Waals surface area contributed by atoms with Crippen molar-refractivity contribution in [2.75, 3.05) is 20.3 Å². The molecule has 0 bridgehead atoms. The summed E-state index contributed by atoms with van der Waals surface area (Å²) in [6.07, 6.45) is 4.70. The molecule has 4 heteroatoms. The topological polar surface area (TPSA) is 43.4 Å². The van der Waals surface area contributed by atoms with Gasteiger partial charge in [0.15, 0.2) is 0 Å². The normalized spacial score (nSPS) is 14.8. The van der Waals surface area contributed by atoms with Gasteiger partial charge in [-0.3, -0.25) is 4.98 Å². The van der Waals surface area contributed by atoms with Gasteiger partial charge in [-0.2, -0.15) is 0 Å². The summed E-state index contributed by atoms with van der Waals surface area (Å²) in [7, 11) is 1.96. The minimum atomic E-state index is 0.0317. The van der Waals surface area contributed by atoms with E-state index in [4.69, 9.17) is 9.47 Å². The zero-order valence-electron chi connectivity index (χ0n) is 14.3. The lowest BCUT2D eigenvalue weighted by Crippen LogP contribution is -2.41. The van der Waals surface area contributed by atoms with Gasteiger partial charge in [0.25, 0.3) is 0 Å². The maximum absolute atomic E-state index is 6.00. The van der Waals surface area contributed by atoms with Crippen LogP contribution >= 0.6 is 0 Å². The maximum atomic E-state index is 6.00. The molecule has 120 valence electrons. The Morgan fingerprint density at radius 1 is 1.24 bits per heavy atom. The van der Waals surface area contributed by atoms with Crippen LogP contribution in [0.4, 0.5) is 0 Å². The molecular weight excluding hydrogens is 264 g/mol. The van der Waals surface area contributed by atoms with Crippen molar-refractivity contribution in [3.63, 3.8) is 0 Å². The minimum Gasteiger partial charge on any atom is -0.492 e. The molecule has 0 spiro atoms. The van der Waals surface area contributed by atoms with Crippen molar-refractivity contribution in [2.45, 2.75) is 53.2 Å². The summed E-state index contributed by atoms with van der Waals surface area (Å²) in [5.74, 6) is 0.818. The quantitative estimate of drug-likeness (QED) is 0.796. The van der Waals surface area contributed by atoms with Crippen molar-refractivity contribution < 1.29 is 9.47 Å². The molecule has 1 rings (SSSR count). The first-order valence-corrected chi connectivity index (χ1v) is 7.80. The van der Waals surface area contributed by atoms with E-state index in [0.29, 0.717) is 13.2 Å². The fraction of sp³-hybridized carbons (Fsp3) is 0.706. The highest BCUT2D eigenvalue weighted by atomic mass is 16.5. The van der Waals surface area contributed by atoms with E-state index < -0.39 is 0 Å². The van der Waals surface area contributed by atoms with E-state index in [1.807, 2.05) is 20.2 Å². The number of hydrogen-bond acceptors (Lipinski definition) is 4. The monoisotopic (exact) mass is 294 g/mol. The van der Waals surface area contributed by atoms with Gasteiger partial charge in [0.1, 0.15) is 5.75 Å². The SMILES string of the molecule is CCCOc1cncc(C(NC)C(OCC)C(C)(C)C)c1. The molecule has 21 heavy (non-hydrogen) atoms. The molecule has 0 amide bonds. The summed E-state index contributed by atoms with van der Waals surface area (Å²) in [5.41, 5.74) is 1.13. The Hall–Kier alpha value is -1.13. The average molecular weight is 294 g/mol. The molecule has 0 radical (unpaired) electrons. The van der Waals surface area contributed by atoms with Crippen molar-refractivity contribution in [3.05, 3.63) is 24.0 Å². The largest absolute Gasteiger partial charge is 0.492 e. The van der Waals surface area contributed by atoms with Crippen molar-refractivity contribution in [2.24, 2.45) is 5.41 Å². The third kappa shape index (κ3) is 5.29. The van der Waals surface area contributed by atoms with E-state index in [-0.39, 0.29) is 17.6 Å². The van der Waals surface area contributed by atoms with Crippen molar-refractivity contribution in [1.29, 1.82) is 0 Å². The maximum Gasteiger partial charge on any atom is 0.137 e. The van der Waals surface area contributed by atoms with Crippen LogP contribution in [0, 0.1) is 5.41 Å². The van der Waals surface area contributed by atoms with Gasteiger partial charge in [-0.05, 0) is 37.4 Å². The highest BCUT2D eigenvalue weighted by Crippen LogP contribution is 2.33. The molecule has 0 aliphatic rings. The number of hydrogen-bond donors (Lipinski definition) is 1. The first-order chi connectivity index (χ1) is 9.93. The van der Waals surface area contributed by atoms with E-state index in [1.54, 1.807) is 6.20 Å². The van der Waals surface area contributed by atoms with Gasteiger partial charge >= 0.3 is 0 Å². The molecule has 0 saturated carbocycles. The fourth-order valence-electron chi connectivity index (χ4n) is 2.42. The highest BCUT2D eigenvalue weighted by molar-refractivity contribution is 5.27. The number of nitrogens with zero attached hydrogens (tertiary/aromatic N) is 1. The summed E-state index contributed by atoms with van der Waals surface area (Å²) < 4.78 is 11.7. The predicted molar refractivity (Wildman–Crippen MR) is 86.7 cm³/mol. The molecule has 0 aromatic carbocycles. The van der Waals surface area contributed by atoms with Crippen molar-refractivity contribution >= 4 is 0 Å². The summed E-state index contributed by atoms with van der Waals surface area (Å²) in [6, 6.07) is 2.14. The Kier molecular flexibility index (Phi) is 7.12. The van der Waals surface area contributed by atoms with Gasteiger partial charge < -0.3 is 14.8 Å². The second-order valence-corrected chi connectivity index (χ2v) is 6.31. The van der Waals surface area contributed by atoms with Gasteiger partial charge in [0.05, 0.1) is 24.9 Å². The van der Waals surface area contributed by atoms with Gasteiger partial charge in [-0.15, -0.1) is 0 Å². The van der Waals surface area contributed by atoms with Crippen molar-refractivity contribution in [1.82, 2.24) is 10.3 Å². The Bertz CT molecular complexity index is 415. The fourth-order valence-corrected chi connectivity index (χ4v) is 2.42. The third-order valence-electron chi connectivity index (χ3n) is 3.38. The number of rotatable bonds is 8. The molecule has 0 fully saturated rings. The van der Waals surface area contributed by atoms with Crippen LogP contribution in [0.25, 0.3) is 0 Å². The van der Waals surface area contributed by atoms with Crippen LogP contribution in [-0.2, 0) is 4.74 Å². The van der Waals surface area contributed by atoms with E-state index in [9.17, 15) is 0 Å². The van der Waals surface area contributed by atoms with E-state index in [0.717, 1.165) is 17.7 Å². The molecule has 2 unspecified atom stereocenters. The molecule has 1 N–H and O–H groups in total. The predicted octanol–water partition coefficient (Wildman–Crippen LogP) is 3.58. The van der Waals surface area contributed by atoms with Crippen LogP contribution in [-0.4, -0.2) is 31.3 Å². The highest BCUT2D eigenvalue weighted by Gasteiger charge is 2.33. The zero-order chi connectivity index (χ0) is 15.9. The van der Waals surface area contributed by atoms with Crippen LogP contribution in [0.2, 0.25) is 0 Å².